The van der Waals surface area contributed by atoms with Gasteiger partial charge in [-0.15, -0.1) is 0 Å². The van der Waals surface area contributed by atoms with Gasteiger partial charge in [-0.3, -0.25) is 0 Å². The lowest BCUT2D eigenvalue weighted by atomic mass is 9.87. The highest BCUT2D eigenvalue weighted by Gasteiger charge is 2.37. The number of aliphatic hydroxyl groups is 1. The lowest BCUT2D eigenvalue weighted by Gasteiger charge is -2.37. The second-order valence-electron chi connectivity index (χ2n) is 3.99. The van der Waals surface area contributed by atoms with E-state index in [-0.39, 0.29) is 0 Å². The zero-order valence-electron chi connectivity index (χ0n) is 8.67. The van der Waals surface area contributed by atoms with Crippen LogP contribution in [0.5, 0.6) is 0 Å². The maximum absolute atomic E-state index is 11.1. The fourth-order valence-electron chi connectivity index (χ4n) is 0.512. The van der Waals surface area contributed by atoms with Crippen molar-refractivity contribution in [2.24, 2.45) is 0 Å². The van der Waals surface area contributed by atoms with Crippen LogP contribution >= 0.6 is 0 Å². The molecule has 0 rings (SSSR count). The predicted octanol–water partition coefficient (Wildman–Crippen LogP) is -0.410. The highest BCUT2D eigenvalue weighted by Crippen LogP contribution is 2.20. The summed E-state index contributed by atoms with van der Waals surface area (Å²) >= 11 is 0. The minimum absolute atomic E-state index is 0.922. The molecule has 0 saturated heterocycles. The predicted molar refractivity (Wildman–Crippen MR) is 51.5 cm³/mol. The number of nitrogens with one attached hydrogen (secondary N) is 2. The summed E-state index contributed by atoms with van der Waals surface area (Å²) in [7, 11) is -2.21. The Morgan fingerprint density at radius 3 is 1.77 bits per heavy atom. The monoisotopic (exact) mass is 210 g/mol. The molecular weight excluding hydrogens is 192 g/mol. The van der Waals surface area contributed by atoms with Crippen molar-refractivity contribution in [2.45, 2.75) is 38.8 Å². The van der Waals surface area contributed by atoms with E-state index < -0.39 is 21.3 Å². The fourth-order valence-corrected chi connectivity index (χ4v) is 1.54. The molecule has 0 aliphatic carbocycles. The summed E-state index contributed by atoms with van der Waals surface area (Å²) in [6.45, 7) is 6.32. The van der Waals surface area contributed by atoms with Crippen LogP contribution in [-0.4, -0.2) is 31.7 Å². The van der Waals surface area contributed by atoms with E-state index in [9.17, 15) is 13.5 Å². The van der Waals surface area contributed by atoms with E-state index in [1.54, 1.807) is 27.7 Å². The zero-order valence-corrected chi connectivity index (χ0v) is 9.49. The zero-order chi connectivity index (χ0) is 10.9. The van der Waals surface area contributed by atoms with Gasteiger partial charge in [0.1, 0.15) is 0 Å². The summed E-state index contributed by atoms with van der Waals surface area (Å²) in [5.41, 5.74) is -2.05. The van der Waals surface area contributed by atoms with E-state index in [2.05, 4.69) is 9.44 Å². The minimum atomic E-state index is -3.52. The minimum Gasteiger partial charge on any atom is -0.389 e. The Morgan fingerprint density at radius 1 is 1.15 bits per heavy atom. The van der Waals surface area contributed by atoms with Gasteiger partial charge in [0.15, 0.2) is 0 Å². The molecule has 0 spiro atoms. The largest absolute Gasteiger partial charge is 0.389 e. The van der Waals surface area contributed by atoms with Crippen LogP contribution in [0.15, 0.2) is 0 Å². The van der Waals surface area contributed by atoms with Gasteiger partial charge >= 0.3 is 0 Å². The van der Waals surface area contributed by atoms with Crippen molar-refractivity contribution in [1.29, 1.82) is 0 Å². The van der Waals surface area contributed by atoms with Gasteiger partial charge in [-0.2, -0.15) is 13.1 Å². The van der Waals surface area contributed by atoms with Crippen LogP contribution in [0, 0.1) is 0 Å². The molecule has 0 aliphatic rings. The smallest absolute Gasteiger partial charge is 0.277 e. The normalized spacial score (nSPS) is 14.6. The van der Waals surface area contributed by atoms with Gasteiger partial charge < -0.3 is 5.11 Å². The SMILES string of the molecule is CNS(=O)(=O)NC(C)(C)C(C)(C)O. The van der Waals surface area contributed by atoms with Crippen molar-refractivity contribution in [1.82, 2.24) is 9.44 Å². The van der Waals surface area contributed by atoms with Gasteiger partial charge in [0, 0.05) is 7.05 Å². The summed E-state index contributed by atoms with van der Waals surface area (Å²) in [5.74, 6) is 0. The van der Waals surface area contributed by atoms with E-state index in [0.29, 0.717) is 0 Å². The molecule has 0 unspecified atom stereocenters. The van der Waals surface area contributed by atoms with Crippen LogP contribution in [0.1, 0.15) is 27.7 Å². The van der Waals surface area contributed by atoms with Gasteiger partial charge in [0.05, 0.1) is 11.1 Å². The maximum atomic E-state index is 11.1. The summed E-state index contributed by atoms with van der Waals surface area (Å²) in [4.78, 5) is 0. The third kappa shape index (κ3) is 3.60. The van der Waals surface area contributed by atoms with E-state index >= 15 is 0 Å². The number of hydrogen-bond acceptors (Lipinski definition) is 3. The van der Waals surface area contributed by atoms with Crippen LogP contribution in [0.3, 0.4) is 0 Å². The Kier molecular flexibility index (Phi) is 3.48. The van der Waals surface area contributed by atoms with Crippen LogP contribution in [0.25, 0.3) is 0 Å². The molecule has 13 heavy (non-hydrogen) atoms. The summed E-state index contributed by atoms with van der Waals surface area (Å²) in [5, 5.41) is 9.65. The van der Waals surface area contributed by atoms with Crippen molar-refractivity contribution in [3.05, 3.63) is 0 Å². The van der Waals surface area contributed by atoms with Crippen LogP contribution < -0.4 is 9.44 Å². The molecule has 0 aromatic rings. The molecule has 3 N–H and O–H groups in total. The molecule has 0 bridgehead atoms. The molecule has 0 saturated carbocycles. The van der Waals surface area contributed by atoms with Gasteiger partial charge in [-0.25, -0.2) is 4.72 Å². The van der Waals surface area contributed by atoms with Crippen LogP contribution in [0.4, 0.5) is 0 Å². The Morgan fingerprint density at radius 2 is 1.54 bits per heavy atom. The average molecular weight is 210 g/mol. The first-order valence-electron chi connectivity index (χ1n) is 3.97. The van der Waals surface area contributed by atoms with Crippen LogP contribution in [0.2, 0.25) is 0 Å². The van der Waals surface area contributed by atoms with Crippen molar-refractivity contribution >= 4 is 10.2 Å². The van der Waals surface area contributed by atoms with Crippen molar-refractivity contribution in [2.75, 3.05) is 7.05 Å². The maximum Gasteiger partial charge on any atom is 0.277 e. The summed E-state index contributed by atoms with van der Waals surface area (Å²) < 4.78 is 26.7. The van der Waals surface area contributed by atoms with E-state index in [4.69, 9.17) is 0 Å². The lowest BCUT2D eigenvalue weighted by molar-refractivity contribution is 0.00626. The molecule has 5 nitrogen and oxygen atoms in total. The highest BCUT2D eigenvalue weighted by molar-refractivity contribution is 7.87. The molecule has 0 heterocycles. The molecule has 0 aliphatic heterocycles. The number of hydrogen-bond donors (Lipinski definition) is 3. The van der Waals surface area contributed by atoms with E-state index in [0.717, 1.165) is 0 Å². The number of rotatable bonds is 4. The van der Waals surface area contributed by atoms with Crippen molar-refractivity contribution in [3.63, 3.8) is 0 Å². The quantitative estimate of drug-likeness (QED) is 0.590. The van der Waals surface area contributed by atoms with Gasteiger partial charge in [0.2, 0.25) is 0 Å². The van der Waals surface area contributed by atoms with Gasteiger partial charge in [-0.05, 0) is 27.7 Å². The molecular formula is C7H18N2O3S. The molecule has 80 valence electrons. The molecule has 0 aromatic carbocycles. The second kappa shape index (κ2) is 3.53. The Bertz CT molecular complexity index is 264. The first-order valence-corrected chi connectivity index (χ1v) is 5.45. The standard InChI is InChI=1S/C7H18N2O3S/c1-6(2,7(3,4)10)9-13(11,12)8-5/h8-10H,1-5H3. The molecule has 0 fully saturated rings. The van der Waals surface area contributed by atoms with Gasteiger partial charge in [0.25, 0.3) is 10.2 Å². The van der Waals surface area contributed by atoms with E-state index in [1.807, 2.05) is 0 Å². The van der Waals surface area contributed by atoms with Gasteiger partial charge in [-0.1, -0.05) is 0 Å². The Balaban J connectivity index is 4.72. The average Bonchev–Trinajstić information content (AvgIpc) is 1.83. The fraction of sp³-hybridized carbons (Fsp3) is 1.00. The third-order valence-electron chi connectivity index (χ3n) is 2.19. The Hall–Kier alpha value is -0.170. The molecule has 6 heteroatoms. The lowest BCUT2D eigenvalue weighted by Crippen LogP contribution is -2.59. The Labute approximate surface area is 79.7 Å². The molecule has 0 radical (unpaired) electrons. The first kappa shape index (κ1) is 12.8. The summed E-state index contributed by atoms with van der Waals surface area (Å²) in [6, 6.07) is 0. The summed E-state index contributed by atoms with van der Waals surface area (Å²) in [6.07, 6.45) is 0. The van der Waals surface area contributed by atoms with E-state index in [1.165, 1.54) is 7.05 Å². The van der Waals surface area contributed by atoms with Crippen molar-refractivity contribution < 1.29 is 13.5 Å². The molecule has 0 amide bonds. The highest BCUT2D eigenvalue weighted by atomic mass is 32.2. The molecule has 0 atom stereocenters. The topological polar surface area (TPSA) is 78.4 Å². The molecule has 0 aromatic heterocycles. The van der Waals surface area contributed by atoms with Crippen molar-refractivity contribution in [3.8, 4) is 0 Å². The first-order chi connectivity index (χ1) is 5.52. The second-order valence-corrected chi connectivity index (χ2v) is 5.61. The van der Waals surface area contributed by atoms with Crippen LogP contribution in [-0.2, 0) is 10.2 Å². The third-order valence-corrected chi connectivity index (χ3v) is 3.50.